The summed E-state index contributed by atoms with van der Waals surface area (Å²) in [6.07, 6.45) is 4.57. The highest BCUT2D eigenvalue weighted by Gasteiger charge is 2.30. The zero-order valence-electron chi connectivity index (χ0n) is 13.6. The Kier molecular flexibility index (Phi) is 4.02. The summed E-state index contributed by atoms with van der Waals surface area (Å²) in [6, 6.07) is 3.02. The summed E-state index contributed by atoms with van der Waals surface area (Å²) in [5.74, 6) is 1.18. The van der Waals surface area contributed by atoms with E-state index >= 15 is 0 Å². The Bertz CT molecular complexity index is 1010. The summed E-state index contributed by atoms with van der Waals surface area (Å²) < 4.78 is 35.3. The summed E-state index contributed by atoms with van der Waals surface area (Å²) >= 11 is 0. The molecule has 4 rings (SSSR count). The first-order valence-corrected chi connectivity index (χ1v) is 9.44. The maximum absolute atomic E-state index is 12.9. The molecule has 4 heterocycles. The van der Waals surface area contributed by atoms with Crippen LogP contribution in [0.2, 0.25) is 0 Å². The number of nitrogens with one attached hydrogen (secondary N) is 2. The van der Waals surface area contributed by atoms with Crippen LogP contribution in [0.15, 0.2) is 29.4 Å². The maximum atomic E-state index is 12.9. The zero-order valence-corrected chi connectivity index (χ0v) is 14.5. The second-order valence-corrected chi connectivity index (χ2v) is 7.59. The van der Waals surface area contributed by atoms with Gasteiger partial charge in [0.1, 0.15) is 23.0 Å². The van der Waals surface area contributed by atoms with E-state index in [-0.39, 0.29) is 4.90 Å². The number of pyridine rings is 1. The van der Waals surface area contributed by atoms with Crippen LogP contribution in [0.3, 0.4) is 0 Å². The molecule has 3 aromatic heterocycles. The molecule has 1 atom stereocenters. The van der Waals surface area contributed by atoms with Crippen molar-refractivity contribution < 1.29 is 13.2 Å². The summed E-state index contributed by atoms with van der Waals surface area (Å²) in [4.78, 5) is 11.6. The van der Waals surface area contributed by atoms with E-state index in [2.05, 4.69) is 24.8 Å². The van der Waals surface area contributed by atoms with Crippen LogP contribution in [0.5, 0.6) is 0 Å². The van der Waals surface area contributed by atoms with Crippen LogP contribution in [0.25, 0.3) is 11.0 Å². The molecule has 1 aliphatic heterocycles. The van der Waals surface area contributed by atoms with Crippen molar-refractivity contribution in [2.75, 3.05) is 7.11 Å². The van der Waals surface area contributed by atoms with Crippen molar-refractivity contribution >= 4 is 21.1 Å². The van der Waals surface area contributed by atoms with E-state index in [1.54, 1.807) is 30.1 Å². The number of rotatable bonds is 5. The first-order valence-electron chi connectivity index (χ1n) is 7.95. The predicted octanol–water partition coefficient (Wildman–Crippen LogP) is 1.11. The number of ether oxygens (including phenoxy) is 1. The first kappa shape index (κ1) is 16.2. The number of hydrogen-bond acceptors (Lipinski definition) is 6. The average molecular weight is 362 g/mol. The van der Waals surface area contributed by atoms with Crippen molar-refractivity contribution in [3.05, 3.63) is 36.2 Å². The third-order valence-corrected chi connectivity index (χ3v) is 5.70. The molecule has 1 aliphatic rings. The fraction of sp³-hybridized carbons (Fsp3) is 0.400. The van der Waals surface area contributed by atoms with Gasteiger partial charge >= 0.3 is 0 Å². The lowest BCUT2D eigenvalue weighted by Gasteiger charge is -2.22. The Morgan fingerprint density at radius 2 is 2.36 bits per heavy atom. The van der Waals surface area contributed by atoms with Crippen LogP contribution in [0, 0.1) is 0 Å². The monoisotopic (exact) mass is 362 g/mol. The Morgan fingerprint density at radius 3 is 3.20 bits per heavy atom. The van der Waals surface area contributed by atoms with Crippen LogP contribution >= 0.6 is 0 Å². The third kappa shape index (κ3) is 2.92. The molecule has 0 saturated heterocycles. The number of hydrogen-bond donors (Lipinski definition) is 2. The number of aryl methyl sites for hydroxylation is 1. The number of aromatic amines is 1. The molecule has 3 aromatic rings. The second kappa shape index (κ2) is 6.21. The molecule has 0 radical (unpaired) electrons. The van der Waals surface area contributed by atoms with Crippen molar-refractivity contribution in [3.8, 4) is 0 Å². The largest absolute Gasteiger partial charge is 0.377 e. The number of H-pyrrole nitrogens is 1. The predicted molar refractivity (Wildman–Crippen MR) is 89.1 cm³/mol. The van der Waals surface area contributed by atoms with Gasteiger partial charge < -0.3 is 9.72 Å². The van der Waals surface area contributed by atoms with Crippen LogP contribution in [0.4, 0.5) is 0 Å². The quantitative estimate of drug-likeness (QED) is 0.703. The SMILES string of the molecule is COCc1nc2n(n1)CCC[C@H]2NS(=O)(=O)c1c[nH]c2ncccc12. The van der Waals surface area contributed by atoms with Gasteiger partial charge in [-0.3, -0.25) is 0 Å². The van der Waals surface area contributed by atoms with E-state index in [1.807, 2.05) is 0 Å². The Balaban J connectivity index is 1.66. The highest BCUT2D eigenvalue weighted by Crippen LogP contribution is 2.27. The minimum atomic E-state index is -3.72. The van der Waals surface area contributed by atoms with Crippen molar-refractivity contribution in [1.29, 1.82) is 0 Å². The van der Waals surface area contributed by atoms with Gasteiger partial charge in [-0.1, -0.05) is 0 Å². The van der Waals surface area contributed by atoms with Gasteiger partial charge in [0.2, 0.25) is 10.0 Å². The van der Waals surface area contributed by atoms with E-state index in [1.165, 1.54) is 6.20 Å². The van der Waals surface area contributed by atoms with Gasteiger partial charge in [0, 0.05) is 31.4 Å². The minimum absolute atomic E-state index is 0.185. The number of nitrogens with zero attached hydrogens (tertiary/aromatic N) is 4. The first-order chi connectivity index (χ1) is 12.1. The molecule has 132 valence electrons. The third-order valence-electron chi connectivity index (χ3n) is 4.19. The number of fused-ring (bicyclic) bond motifs is 2. The van der Waals surface area contributed by atoms with Gasteiger partial charge in [-0.05, 0) is 25.0 Å². The van der Waals surface area contributed by atoms with E-state index in [4.69, 9.17) is 4.74 Å². The lowest BCUT2D eigenvalue weighted by Crippen LogP contribution is -2.33. The smallest absolute Gasteiger partial charge is 0.243 e. The molecule has 0 bridgehead atoms. The standard InChI is InChI=1S/C15H18N6O3S/c1-24-9-13-18-15-11(5-3-7-21(15)19-13)20-25(22,23)12-8-17-14-10(12)4-2-6-16-14/h2,4,6,8,11,20H,3,5,7,9H2,1H3,(H,16,17)/t11-/m1/s1. The fourth-order valence-corrected chi connectivity index (χ4v) is 4.50. The molecular formula is C15H18N6O3S. The summed E-state index contributed by atoms with van der Waals surface area (Å²) in [5, 5.41) is 4.93. The molecule has 9 nitrogen and oxygen atoms in total. The van der Waals surface area contributed by atoms with Gasteiger partial charge in [-0.25, -0.2) is 27.8 Å². The molecule has 10 heteroatoms. The highest BCUT2D eigenvalue weighted by molar-refractivity contribution is 7.89. The molecule has 0 unspecified atom stereocenters. The van der Waals surface area contributed by atoms with Crippen molar-refractivity contribution in [2.45, 2.75) is 36.9 Å². The molecule has 25 heavy (non-hydrogen) atoms. The summed E-state index contributed by atoms with van der Waals surface area (Å²) in [6.45, 7) is 1.02. The Morgan fingerprint density at radius 1 is 1.48 bits per heavy atom. The van der Waals surface area contributed by atoms with Crippen LogP contribution in [0.1, 0.15) is 30.5 Å². The molecule has 0 fully saturated rings. The van der Waals surface area contributed by atoms with E-state index in [0.717, 1.165) is 13.0 Å². The van der Waals surface area contributed by atoms with Crippen molar-refractivity contribution in [1.82, 2.24) is 29.5 Å². The lowest BCUT2D eigenvalue weighted by molar-refractivity contribution is 0.177. The fourth-order valence-electron chi connectivity index (χ4n) is 3.11. The molecule has 2 N–H and O–H groups in total. The molecule has 0 aliphatic carbocycles. The van der Waals surface area contributed by atoms with E-state index < -0.39 is 16.1 Å². The molecule has 0 amide bonds. The van der Waals surface area contributed by atoms with Crippen LogP contribution in [-0.4, -0.2) is 40.3 Å². The lowest BCUT2D eigenvalue weighted by atomic mass is 10.1. The normalized spacial score (nSPS) is 17.7. The van der Waals surface area contributed by atoms with Gasteiger partial charge in [0.15, 0.2) is 5.82 Å². The molecule has 0 spiro atoms. The van der Waals surface area contributed by atoms with Gasteiger partial charge in [0.25, 0.3) is 0 Å². The Hall–Kier alpha value is -2.30. The molecule has 0 saturated carbocycles. The number of sulfonamides is 1. The zero-order chi connectivity index (χ0) is 17.4. The van der Waals surface area contributed by atoms with E-state index in [0.29, 0.717) is 35.7 Å². The highest BCUT2D eigenvalue weighted by atomic mass is 32.2. The van der Waals surface area contributed by atoms with Crippen LogP contribution < -0.4 is 4.72 Å². The van der Waals surface area contributed by atoms with Gasteiger partial charge in [0.05, 0.1) is 6.04 Å². The minimum Gasteiger partial charge on any atom is -0.377 e. The van der Waals surface area contributed by atoms with Crippen molar-refractivity contribution in [2.24, 2.45) is 0 Å². The molecular weight excluding hydrogens is 344 g/mol. The van der Waals surface area contributed by atoms with Gasteiger partial charge in [-0.2, -0.15) is 5.10 Å². The van der Waals surface area contributed by atoms with Crippen molar-refractivity contribution in [3.63, 3.8) is 0 Å². The number of aromatic nitrogens is 5. The summed E-state index contributed by atoms with van der Waals surface area (Å²) in [7, 11) is -2.15. The van der Waals surface area contributed by atoms with Crippen LogP contribution in [-0.2, 0) is 27.9 Å². The summed E-state index contributed by atoms with van der Waals surface area (Å²) in [5.41, 5.74) is 0.539. The topological polar surface area (TPSA) is 115 Å². The number of methoxy groups -OCH3 is 1. The van der Waals surface area contributed by atoms with E-state index in [9.17, 15) is 8.42 Å². The average Bonchev–Trinajstić information content (AvgIpc) is 3.19. The molecule has 0 aromatic carbocycles. The Labute approximate surface area is 144 Å². The van der Waals surface area contributed by atoms with Gasteiger partial charge in [-0.15, -0.1) is 0 Å². The second-order valence-electron chi connectivity index (χ2n) is 5.91. The maximum Gasteiger partial charge on any atom is 0.243 e.